The average Bonchev–Trinajstić information content (AvgIpc) is 3.13. The molecule has 0 spiro atoms. The van der Waals surface area contributed by atoms with Crippen molar-refractivity contribution in [2.75, 3.05) is 20.7 Å². The minimum Gasteiger partial charge on any atom is -0.485 e. The Labute approximate surface area is 177 Å². The molecule has 1 aliphatic rings. The zero-order valence-corrected chi connectivity index (χ0v) is 18.3. The number of carbonyl (C=O) groups excluding carboxylic acids is 1. The van der Waals surface area contributed by atoms with Crippen LogP contribution in [0.5, 0.6) is 11.6 Å². The fourth-order valence-corrected chi connectivity index (χ4v) is 3.56. The van der Waals surface area contributed by atoms with Crippen molar-refractivity contribution in [3.05, 3.63) is 17.8 Å². The van der Waals surface area contributed by atoms with E-state index < -0.39 is 0 Å². The number of ether oxygens (including phenoxy) is 3. The van der Waals surface area contributed by atoms with Gasteiger partial charge in [0.05, 0.1) is 18.9 Å². The molecule has 2 heterocycles. The van der Waals surface area contributed by atoms with Gasteiger partial charge in [-0.15, -0.1) is 5.10 Å². The van der Waals surface area contributed by atoms with Crippen LogP contribution in [0.1, 0.15) is 51.1 Å². The quantitative estimate of drug-likeness (QED) is 0.648. The summed E-state index contributed by atoms with van der Waals surface area (Å²) in [5, 5.41) is 8.29. The zero-order valence-electron chi connectivity index (χ0n) is 18.3. The summed E-state index contributed by atoms with van der Waals surface area (Å²) >= 11 is 0. The van der Waals surface area contributed by atoms with Crippen LogP contribution in [0.15, 0.2) is 12.1 Å². The number of methoxy groups -OCH3 is 1. The number of amides is 1. The van der Waals surface area contributed by atoms with Crippen molar-refractivity contribution in [1.82, 2.24) is 24.9 Å². The molecule has 0 unspecified atom stereocenters. The molecule has 0 radical (unpaired) electrons. The molecule has 1 amide bonds. The summed E-state index contributed by atoms with van der Waals surface area (Å²) < 4.78 is 18.6. The van der Waals surface area contributed by atoms with E-state index in [1.165, 1.54) is 19.3 Å². The maximum atomic E-state index is 12.1. The largest absolute Gasteiger partial charge is 0.485 e. The highest BCUT2D eigenvalue weighted by molar-refractivity contribution is 5.67. The van der Waals surface area contributed by atoms with Gasteiger partial charge in [0.25, 0.3) is 5.88 Å². The minimum atomic E-state index is -0.384. The molecule has 164 valence electrons. The predicted octanol–water partition coefficient (Wildman–Crippen LogP) is 3.58. The van der Waals surface area contributed by atoms with Crippen molar-refractivity contribution in [1.29, 1.82) is 0 Å². The Morgan fingerprint density at radius 2 is 2.03 bits per heavy atom. The normalized spacial score (nSPS) is 14.4. The SMILES string of the molecule is CCCN(C)C(=O)OCc1c(-c2ccc(OC3CCCCC3)c(OC)n2)nnn1C. The summed E-state index contributed by atoms with van der Waals surface area (Å²) in [6.07, 6.45) is 6.43. The van der Waals surface area contributed by atoms with Gasteiger partial charge in [-0.05, 0) is 44.2 Å². The third-order valence-electron chi connectivity index (χ3n) is 5.25. The summed E-state index contributed by atoms with van der Waals surface area (Å²) in [6, 6.07) is 3.69. The van der Waals surface area contributed by atoms with Crippen molar-refractivity contribution >= 4 is 6.09 Å². The Balaban J connectivity index is 1.76. The highest BCUT2D eigenvalue weighted by Crippen LogP contribution is 2.32. The third kappa shape index (κ3) is 5.20. The van der Waals surface area contributed by atoms with Gasteiger partial charge in [0.2, 0.25) is 0 Å². The van der Waals surface area contributed by atoms with E-state index in [9.17, 15) is 4.79 Å². The average molecular weight is 418 g/mol. The molecule has 1 aliphatic carbocycles. The van der Waals surface area contributed by atoms with Gasteiger partial charge < -0.3 is 19.1 Å². The Morgan fingerprint density at radius 1 is 1.27 bits per heavy atom. The number of nitrogens with zero attached hydrogens (tertiary/aromatic N) is 5. The van der Waals surface area contributed by atoms with Gasteiger partial charge in [-0.2, -0.15) is 0 Å². The molecule has 1 saturated carbocycles. The van der Waals surface area contributed by atoms with E-state index in [4.69, 9.17) is 14.2 Å². The van der Waals surface area contributed by atoms with Gasteiger partial charge in [0.15, 0.2) is 5.75 Å². The van der Waals surface area contributed by atoms with Crippen LogP contribution in [-0.4, -0.2) is 57.8 Å². The third-order valence-corrected chi connectivity index (χ3v) is 5.25. The van der Waals surface area contributed by atoms with Crippen LogP contribution in [0.2, 0.25) is 0 Å². The smallest absolute Gasteiger partial charge is 0.409 e. The number of pyridine rings is 1. The number of rotatable bonds is 8. The van der Waals surface area contributed by atoms with E-state index in [1.54, 1.807) is 30.8 Å². The van der Waals surface area contributed by atoms with Crippen molar-refractivity contribution in [3.63, 3.8) is 0 Å². The summed E-state index contributed by atoms with van der Waals surface area (Å²) in [6.45, 7) is 2.69. The molecule has 0 bridgehead atoms. The second-order valence-corrected chi connectivity index (χ2v) is 7.57. The number of hydrogen-bond donors (Lipinski definition) is 0. The van der Waals surface area contributed by atoms with Gasteiger partial charge in [0.1, 0.15) is 18.0 Å². The van der Waals surface area contributed by atoms with Crippen LogP contribution in [0.3, 0.4) is 0 Å². The van der Waals surface area contributed by atoms with E-state index in [0.717, 1.165) is 19.3 Å². The monoisotopic (exact) mass is 417 g/mol. The molecule has 0 saturated heterocycles. The number of aromatic nitrogens is 4. The van der Waals surface area contributed by atoms with E-state index in [0.29, 0.717) is 35.3 Å². The predicted molar refractivity (Wildman–Crippen MR) is 111 cm³/mol. The van der Waals surface area contributed by atoms with Gasteiger partial charge in [-0.25, -0.2) is 14.5 Å². The number of aryl methyl sites for hydroxylation is 1. The lowest BCUT2D eigenvalue weighted by Crippen LogP contribution is -2.28. The first-order valence-corrected chi connectivity index (χ1v) is 10.5. The van der Waals surface area contributed by atoms with E-state index in [2.05, 4.69) is 15.3 Å². The van der Waals surface area contributed by atoms with Crippen LogP contribution in [0.25, 0.3) is 11.4 Å². The van der Waals surface area contributed by atoms with Gasteiger partial charge in [0, 0.05) is 20.6 Å². The van der Waals surface area contributed by atoms with Crippen LogP contribution < -0.4 is 9.47 Å². The zero-order chi connectivity index (χ0) is 21.5. The van der Waals surface area contributed by atoms with Crippen molar-refractivity contribution in [2.45, 2.75) is 58.2 Å². The lowest BCUT2D eigenvalue weighted by Gasteiger charge is -2.23. The summed E-state index contributed by atoms with van der Waals surface area (Å²) in [5.41, 5.74) is 1.79. The Bertz CT molecular complexity index is 848. The first-order valence-electron chi connectivity index (χ1n) is 10.5. The summed E-state index contributed by atoms with van der Waals surface area (Å²) in [5.74, 6) is 1.04. The standard InChI is InChI=1S/C21H31N5O4/c1-5-13-25(2)21(27)29-14-17-19(23-24-26(17)3)16-11-12-18(20(22-16)28-4)30-15-9-7-6-8-10-15/h11-12,15H,5-10,13-14H2,1-4H3. The summed E-state index contributed by atoms with van der Waals surface area (Å²) in [4.78, 5) is 18.2. The lowest BCUT2D eigenvalue weighted by molar-refractivity contribution is 0.103. The maximum Gasteiger partial charge on any atom is 0.409 e. The molecule has 2 aromatic rings. The topological polar surface area (TPSA) is 91.6 Å². The molecule has 0 N–H and O–H groups in total. The number of hydrogen-bond acceptors (Lipinski definition) is 7. The van der Waals surface area contributed by atoms with Crippen LogP contribution in [0, 0.1) is 0 Å². The Morgan fingerprint density at radius 3 is 2.73 bits per heavy atom. The van der Waals surface area contributed by atoms with E-state index in [1.807, 2.05) is 19.1 Å². The number of carbonyl (C=O) groups is 1. The maximum absolute atomic E-state index is 12.1. The van der Waals surface area contributed by atoms with E-state index >= 15 is 0 Å². The second kappa shape index (κ2) is 10.3. The molecule has 1 fully saturated rings. The van der Waals surface area contributed by atoms with Gasteiger partial charge in [-0.3, -0.25) is 0 Å². The van der Waals surface area contributed by atoms with E-state index in [-0.39, 0.29) is 18.8 Å². The molecular weight excluding hydrogens is 386 g/mol. The molecule has 9 nitrogen and oxygen atoms in total. The minimum absolute atomic E-state index is 0.0516. The molecule has 2 aromatic heterocycles. The van der Waals surface area contributed by atoms with Gasteiger partial charge in [-0.1, -0.05) is 18.6 Å². The van der Waals surface area contributed by atoms with Crippen molar-refractivity contribution in [2.24, 2.45) is 7.05 Å². The highest BCUT2D eigenvalue weighted by atomic mass is 16.6. The molecule has 3 rings (SSSR count). The van der Waals surface area contributed by atoms with Crippen LogP contribution >= 0.6 is 0 Å². The first kappa shape index (κ1) is 21.9. The molecule has 9 heteroatoms. The van der Waals surface area contributed by atoms with Crippen molar-refractivity contribution < 1.29 is 19.0 Å². The lowest BCUT2D eigenvalue weighted by atomic mass is 9.98. The van der Waals surface area contributed by atoms with Crippen LogP contribution in [-0.2, 0) is 18.4 Å². The highest BCUT2D eigenvalue weighted by Gasteiger charge is 2.21. The molecule has 0 atom stereocenters. The van der Waals surface area contributed by atoms with Crippen molar-refractivity contribution in [3.8, 4) is 23.0 Å². The van der Waals surface area contributed by atoms with Crippen LogP contribution in [0.4, 0.5) is 4.79 Å². The molecule has 30 heavy (non-hydrogen) atoms. The molecule has 0 aromatic carbocycles. The fraction of sp³-hybridized carbons (Fsp3) is 0.619. The van der Waals surface area contributed by atoms with Gasteiger partial charge >= 0.3 is 6.09 Å². The second-order valence-electron chi connectivity index (χ2n) is 7.57. The Kier molecular flexibility index (Phi) is 7.48. The molecule has 0 aliphatic heterocycles. The molecular formula is C21H31N5O4. The Hall–Kier alpha value is -2.84. The first-order chi connectivity index (χ1) is 14.5. The fourth-order valence-electron chi connectivity index (χ4n) is 3.56. The summed E-state index contributed by atoms with van der Waals surface area (Å²) in [7, 11) is 5.04.